The number of halogens is 3. The Bertz CT molecular complexity index is 1530. The summed E-state index contributed by atoms with van der Waals surface area (Å²) in [5, 5.41) is 11.5. The first-order chi connectivity index (χ1) is 19.2. The first-order valence-electron chi connectivity index (χ1n) is 12.5. The molecule has 1 fully saturated rings. The van der Waals surface area contributed by atoms with Crippen molar-refractivity contribution in [3.05, 3.63) is 59.2 Å². The molecule has 0 aromatic heterocycles. The minimum Gasteiger partial charge on any atom is -0.406 e. The molecule has 2 aromatic rings. The van der Waals surface area contributed by atoms with Crippen molar-refractivity contribution in [2.75, 3.05) is 30.3 Å². The van der Waals surface area contributed by atoms with Crippen molar-refractivity contribution in [2.24, 2.45) is 10.7 Å². The largest absolute Gasteiger partial charge is 0.573 e. The Morgan fingerprint density at radius 2 is 1.95 bits per heavy atom. The van der Waals surface area contributed by atoms with E-state index in [1.165, 1.54) is 16.4 Å². The molecule has 218 valence electrons. The number of aliphatic imine (C=N–C) groups is 1. The average Bonchev–Trinajstić information content (AvgIpc) is 3.21. The van der Waals surface area contributed by atoms with Crippen molar-refractivity contribution in [1.29, 1.82) is 5.26 Å². The van der Waals surface area contributed by atoms with Crippen LogP contribution in [0.15, 0.2) is 47.5 Å². The second-order valence-electron chi connectivity index (χ2n) is 9.68. The van der Waals surface area contributed by atoms with E-state index in [-0.39, 0.29) is 56.0 Å². The number of primary amides is 1. The number of amidine groups is 1. The topological polar surface area (TPSA) is 158 Å². The highest BCUT2D eigenvalue weighted by Gasteiger charge is 2.47. The zero-order chi connectivity index (χ0) is 30.0. The Balaban J connectivity index is 1.40. The fourth-order valence-electron chi connectivity index (χ4n) is 4.83. The van der Waals surface area contributed by atoms with Crippen LogP contribution in [-0.2, 0) is 21.2 Å². The maximum absolute atomic E-state index is 13.1. The van der Waals surface area contributed by atoms with Crippen LogP contribution in [-0.4, -0.2) is 67.8 Å². The van der Waals surface area contributed by atoms with Gasteiger partial charge in [0.05, 0.1) is 11.8 Å². The number of rotatable bonds is 8. The molecule has 0 saturated carbocycles. The number of nitrogens with zero attached hydrogens (tertiary/aromatic N) is 4. The second-order valence-corrected chi connectivity index (χ2v) is 11.8. The van der Waals surface area contributed by atoms with Gasteiger partial charge in [-0.1, -0.05) is 18.2 Å². The molecule has 0 bridgehead atoms. The predicted octanol–water partition coefficient (Wildman–Crippen LogP) is 2.59. The number of ether oxygens (including phenoxy) is 1. The maximum atomic E-state index is 13.1. The van der Waals surface area contributed by atoms with Crippen LogP contribution in [0.1, 0.15) is 29.5 Å². The standard InChI is InChI=1S/C26H27F3N6O5S/c1-17-15-20(35(13-10-30)24(31)37)6-5-18(17)7-14-41(38,39)34-11-8-25(9-12-34)23(36)32-22(33-25)19-3-2-4-21(16-19)40-26(27,28)29/h2-6,15-16H,7-9,11-14H2,1H3,(H2,31,37)(H,32,33,36). The van der Waals surface area contributed by atoms with Gasteiger partial charge in [0.15, 0.2) is 0 Å². The quantitative estimate of drug-likeness (QED) is 0.449. The van der Waals surface area contributed by atoms with E-state index in [0.29, 0.717) is 5.69 Å². The Kier molecular flexibility index (Phi) is 8.27. The number of amides is 3. The predicted molar refractivity (Wildman–Crippen MR) is 143 cm³/mol. The lowest BCUT2D eigenvalue weighted by atomic mass is 9.89. The molecule has 0 atom stereocenters. The number of urea groups is 1. The molecule has 2 heterocycles. The van der Waals surface area contributed by atoms with Crippen LogP contribution in [0, 0.1) is 18.3 Å². The summed E-state index contributed by atoms with van der Waals surface area (Å²) in [4.78, 5) is 30.1. The fourth-order valence-corrected chi connectivity index (χ4v) is 6.31. The molecule has 1 spiro atoms. The van der Waals surface area contributed by atoms with Crippen molar-refractivity contribution in [3.8, 4) is 11.8 Å². The summed E-state index contributed by atoms with van der Waals surface area (Å²) in [6.07, 6.45) is -4.46. The molecule has 2 aliphatic rings. The summed E-state index contributed by atoms with van der Waals surface area (Å²) in [5.74, 6) is -0.984. The number of hydrogen-bond donors (Lipinski definition) is 2. The minimum atomic E-state index is -4.87. The van der Waals surface area contributed by atoms with E-state index in [1.807, 2.05) is 6.07 Å². The molecule has 11 nitrogen and oxygen atoms in total. The van der Waals surface area contributed by atoms with Crippen molar-refractivity contribution < 1.29 is 35.9 Å². The van der Waals surface area contributed by atoms with Gasteiger partial charge in [-0.15, -0.1) is 13.2 Å². The SMILES string of the molecule is Cc1cc(N(CC#N)C(N)=O)ccc1CCS(=O)(=O)N1CCC2(CC1)N=C(c1cccc(OC(F)(F)F)c1)NC2=O. The summed E-state index contributed by atoms with van der Waals surface area (Å²) < 4.78 is 69.3. The molecule has 3 N–H and O–H groups in total. The lowest BCUT2D eigenvalue weighted by Crippen LogP contribution is -2.50. The number of alkyl halides is 3. The molecule has 3 amide bonds. The van der Waals surface area contributed by atoms with Gasteiger partial charge < -0.3 is 15.8 Å². The number of nitrogens with two attached hydrogens (primary N) is 1. The zero-order valence-electron chi connectivity index (χ0n) is 21.9. The van der Waals surface area contributed by atoms with Gasteiger partial charge >= 0.3 is 12.4 Å². The van der Waals surface area contributed by atoms with E-state index in [9.17, 15) is 31.2 Å². The smallest absolute Gasteiger partial charge is 0.406 e. The highest BCUT2D eigenvalue weighted by Crippen LogP contribution is 2.33. The normalized spacial score (nSPS) is 17.0. The Morgan fingerprint density at radius 1 is 1.24 bits per heavy atom. The summed E-state index contributed by atoms with van der Waals surface area (Å²) in [5.41, 5.74) is 6.25. The summed E-state index contributed by atoms with van der Waals surface area (Å²) >= 11 is 0. The van der Waals surface area contributed by atoms with Gasteiger partial charge in [-0.25, -0.2) is 17.5 Å². The summed E-state index contributed by atoms with van der Waals surface area (Å²) in [7, 11) is -3.70. The van der Waals surface area contributed by atoms with Crippen molar-refractivity contribution >= 4 is 33.5 Å². The molecule has 0 aliphatic carbocycles. The number of nitrogens with one attached hydrogen (secondary N) is 1. The van der Waals surface area contributed by atoms with Gasteiger partial charge in [0, 0.05) is 24.3 Å². The number of carbonyl (C=O) groups excluding carboxylic acids is 2. The van der Waals surface area contributed by atoms with Crippen molar-refractivity contribution in [3.63, 3.8) is 0 Å². The molecular weight excluding hydrogens is 565 g/mol. The Morgan fingerprint density at radius 3 is 2.56 bits per heavy atom. The van der Waals surface area contributed by atoms with Gasteiger partial charge in [-0.05, 0) is 61.6 Å². The average molecular weight is 593 g/mol. The van der Waals surface area contributed by atoms with Crippen LogP contribution in [0.3, 0.4) is 0 Å². The van der Waals surface area contributed by atoms with E-state index < -0.39 is 39.6 Å². The van der Waals surface area contributed by atoms with E-state index in [4.69, 9.17) is 11.0 Å². The zero-order valence-corrected chi connectivity index (χ0v) is 22.8. The maximum Gasteiger partial charge on any atom is 0.573 e. The van der Waals surface area contributed by atoms with Crippen LogP contribution in [0.5, 0.6) is 5.75 Å². The summed E-state index contributed by atoms with van der Waals surface area (Å²) in [6.45, 7) is 1.63. The van der Waals surface area contributed by atoms with Crippen LogP contribution in [0.25, 0.3) is 0 Å². The van der Waals surface area contributed by atoms with Crippen LogP contribution < -0.4 is 20.7 Å². The molecular formula is C26H27F3N6O5S. The highest BCUT2D eigenvalue weighted by molar-refractivity contribution is 7.89. The van der Waals surface area contributed by atoms with Gasteiger partial charge in [0.2, 0.25) is 10.0 Å². The van der Waals surface area contributed by atoms with Gasteiger partial charge in [0.25, 0.3) is 5.91 Å². The Hall–Kier alpha value is -4.16. The number of carbonyl (C=O) groups is 2. The lowest BCUT2D eigenvalue weighted by Gasteiger charge is -2.34. The van der Waals surface area contributed by atoms with E-state index in [0.717, 1.165) is 28.2 Å². The number of hydrogen-bond acceptors (Lipinski definition) is 7. The van der Waals surface area contributed by atoms with Crippen molar-refractivity contribution in [1.82, 2.24) is 9.62 Å². The van der Waals surface area contributed by atoms with Gasteiger partial charge in [-0.2, -0.15) is 5.26 Å². The van der Waals surface area contributed by atoms with E-state index in [1.54, 1.807) is 25.1 Å². The number of nitriles is 1. The number of benzene rings is 2. The number of sulfonamides is 1. The van der Waals surface area contributed by atoms with E-state index in [2.05, 4.69) is 15.0 Å². The monoisotopic (exact) mass is 592 g/mol. The van der Waals surface area contributed by atoms with Crippen LogP contribution >= 0.6 is 0 Å². The van der Waals surface area contributed by atoms with Crippen LogP contribution in [0.2, 0.25) is 0 Å². The number of piperidine rings is 1. The van der Waals surface area contributed by atoms with E-state index >= 15 is 0 Å². The molecule has 41 heavy (non-hydrogen) atoms. The number of anilines is 1. The minimum absolute atomic E-state index is 0.0450. The highest BCUT2D eigenvalue weighted by atomic mass is 32.2. The summed E-state index contributed by atoms with van der Waals surface area (Å²) in [6, 6.07) is 11.1. The molecule has 4 rings (SSSR count). The molecule has 0 unspecified atom stereocenters. The molecule has 15 heteroatoms. The first-order valence-corrected chi connectivity index (χ1v) is 14.1. The fraction of sp³-hybridized carbons (Fsp3) is 0.385. The third kappa shape index (κ3) is 6.77. The van der Waals surface area contributed by atoms with Gasteiger partial charge in [0.1, 0.15) is 23.7 Å². The molecule has 0 radical (unpaired) electrons. The van der Waals surface area contributed by atoms with Crippen molar-refractivity contribution in [2.45, 2.75) is 38.1 Å². The lowest BCUT2D eigenvalue weighted by molar-refractivity contribution is -0.274. The number of aryl methyl sites for hydroxylation is 2. The molecule has 1 saturated heterocycles. The van der Waals surface area contributed by atoms with Crippen LogP contribution in [0.4, 0.5) is 23.7 Å². The second kappa shape index (κ2) is 11.4. The van der Waals surface area contributed by atoms with Gasteiger partial charge in [-0.3, -0.25) is 14.7 Å². The molecule has 2 aromatic carbocycles. The Labute approximate surface area is 234 Å². The first kappa shape index (κ1) is 29.8. The molecule has 2 aliphatic heterocycles. The third-order valence-electron chi connectivity index (χ3n) is 7.03. The third-order valence-corrected chi connectivity index (χ3v) is 8.90.